The number of rotatable bonds is 22. The smallest absolute Gasteiger partial charge is 0.344 e. The molecule has 1 aromatic heterocycles. The van der Waals surface area contributed by atoms with Gasteiger partial charge >= 0.3 is 11.9 Å². The number of phenols is 2. The van der Waals surface area contributed by atoms with Crippen LogP contribution in [0.15, 0.2) is 60.7 Å². The Kier molecular flexibility index (Phi) is 15.5. The average molecular weight is 716 g/mol. The number of esters is 1. The Morgan fingerprint density at radius 1 is 0.673 bits per heavy atom. The Morgan fingerprint density at radius 2 is 1.17 bits per heavy atom. The molecule has 0 aliphatic carbocycles. The summed E-state index contributed by atoms with van der Waals surface area (Å²) in [6.45, 7) is 4.03. The Balaban J connectivity index is 1.36. The van der Waals surface area contributed by atoms with Crippen LogP contribution in [-0.4, -0.2) is 69.1 Å². The lowest BCUT2D eigenvalue weighted by molar-refractivity contribution is -0.146. The first-order valence-electron chi connectivity index (χ1n) is 17.9. The van der Waals surface area contributed by atoms with Crippen LogP contribution in [0.25, 0.3) is 34.2 Å². The van der Waals surface area contributed by atoms with Crippen LogP contribution in [-0.2, 0) is 14.3 Å². The summed E-state index contributed by atoms with van der Waals surface area (Å²) in [6, 6.07) is 15.8. The van der Waals surface area contributed by atoms with Crippen molar-refractivity contribution in [3.05, 3.63) is 60.7 Å². The van der Waals surface area contributed by atoms with Gasteiger partial charge in [-0.2, -0.15) is 0 Å². The maximum Gasteiger partial charge on any atom is 0.344 e. The van der Waals surface area contributed by atoms with Crippen LogP contribution in [0.3, 0.4) is 0 Å². The lowest BCUT2D eigenvalue weighted by Crippen LogP contribution is -2.15. The van der Waals surface area contributed by atoms with Crippen molar-refractivity contribution in [3.63, 3.8) is 0 Å². The van der Waals surface area contributed by atoms with Gasteiger partial charge in [0.25, 0.3) is 0 Å². The molecular formula is C40H49N3O9. The molecule has 1 unspecified atom stereocenters. The van der Waals surface area contributed by atoms with Gasteiger partial charge in [0, 0.05) is 17.7 Å². The number of methoxy groups -OCH3 is 1. The molecule has 0 bridgehead atoms. The van der Waals surface area contributed by atoms with E-state index in [1.807, 2.05) is 0 Å². The van der Waals surface area contributed by atoms with Gasteiger partial charge in [0.05, 0.1) is 24.8 Å². The molecule has 4 rings (SSSR count). The standard InChI is InChI=1S/C40H49N3O9/c1-4-27(2)13-11-9-7-5-6-8-10-12-22-50-37(48)26-52-31-19-21-33(35(45)24-31)40-42-38(28-14-16-29(49-3)17-15-28)41-39(43-40)32-20-18-30(23-34(32)44)51-25-36(46)47/h14-21,23-24,27,44-45H,4-13,22,25-26H2,1-3H3,(H,46,47). The number of hydrogen-bond donors (Lipinski definition) is 3. The third-order valence-corrected chi connectivity index (χ3v) is 8.67. The van der Waals surface area contributed by atoms with Crippen LogP contribution >= 0.6 is 0 Å². The van der Waals surface area contributed by atoms with Gasteiger partial charge in [-0.15, -0.1) is 0 Å². The van der Waals surface area contributed by atoms with Gasteiger partial charge in [-0.3, -0.25) is 0 Å². The number of carbonyl (C=O) groups is 2. The van der Waals surface area contributed by atoms with E-state index in [1.54, 1.807) is 43.5 Å². The monoisotopic (exact) mass is 715 g/mol. The maximum absolute atomic E-state index is 12.3. The topological polar surface area (TPSA) is 170 Å². The minimum Gasteiger partial charge on any atom is -0.507 e. The molecule has 1 atom stereocenters. The maximum atomic E-state index is 12.3. The highest BCUT2D eigenvalue weighted by molar-refractivity contribution is 5.74. The van der Waals surface area contributed by atoms with E-state index in [0.29, 0.717) is 17.9 Å². The zero-order valence-electron chi connectivity index (χ0n) is 30.2. The molecule has 12 nitrogen and oxygen atoms in total. The van der Waals surface area contributed by atoms with E-state index in [1.165, 1.54) is 69.2 Å². The van der Waals surface area contributed by atoms with Crippen molar-refractivity contribution < 1.29 is 43.9 Å². The van der Waals surface area contributed by atoms with E-state index in [0.717, 1.165) is 25.2 Å². The normalized spacial score (nSPS) is 11.5. The van der Waals surface area contributed by atoms with Gasteiger partial charge < -0.3 is 34.3 Å². The summed E-state index contributed by atoms with van der Waals surface area (Å²) in [5, 5.41) is 30.7. The number of unbranched alkanes of at least 4 members (excludes halogenated alkanes) is 7. The van der Waals surface area contributed by atoms with Crippen molar-refractivity contribution in [2.45, 2.75) is 78.1 Å². The Labute approximate surface area is 304 Å². The first kappa shape index (κ1) is 39.4. The van der Waals surface area contributed by atoms with Crippen LogP contribution in [0.1, 0.15) is 78.1 Å². The number of phenolic OH excluding ortho intramolecular Hbond substituents is 2. The summed E-state index contributed by atoms with van der Waals surface area (Å²) >= 11 is 0. The van der Waals surface area contributed by atoms with Crippen molar-refractivity contribution in [3.8, 4) is 62.9 Å². The molecule has 0 aliphatic heterocycles. The quantitative estimate of drug-likeness (QED) is 0.0527. The molecule has 12 heteroatoms. The van der Waals surface area contributed by atoms with Gasteiger partial charge in [0.1, 0.15) is 28.7 Å². The van der Waals surface area contributed by atoms with Crippen LogP contribution < -0.4 is 14.2 Å². The number of carboxylic acids is 1. The lowest BCUT2D eigenvalue weighted by Gasteiger charge is -2.12. The molecular weight excluding hydrogens is 666 g/mol. The molecule has 0 fully saturated rings. The highest BCUT2D eigenvalue weighted by atomic mass is 16.6. The van der Waals surface area contributed by atoms with E-state index in [9.17, 15) is 19.8 Å². The zero-order chi connectivity index (χ0) is 37.3. The van der Waals surface area contributed by atoms with E-state index >= 15 is 0 Å². The average Bonchev–Trinajstić information content (AvgIpc) is 3.15. The molecule has 0 saturated heterocycles. The molecule has 0 spiro atoms. The van der Waals surface area contributed by atoms with Crippen LogP contribution in [0.2, 0.25) is 0 Å². The Morgan fingerprint density at radius 3 is 1.69 bits per heavy atom. The summed E-state index contributed by atoms with van der Waals surface area (Å²) in [4.78, 5) is 36.9. The third kappa shape index (κ3) is 12.4. The van der Waals surface area contributed by atoms with Crippen LogP contribution in [0, 0.1) is 5.92 Å². The van der Waals surface area contributed by atoms with Crippen LogP contribution in [0.5, 0.6) is 28.7 Å². The third-order valence-electron chi connectivity index (χ3n) is 8.67. The molecule has 3 N–H and O–H groups in total. The predicted molar refractivity (Wildman–Crippen MR) is 197 cm³/mol. The van der Waals surface area contributed by atoms with Crippen molar-refractivity contribution >= 4 is 11.9 Å². The molecule has 52 heavy (non-hydrogen) atoms. The predicted octanol–water partition coefficient (Wildman–Crippen LogP) is 8.23. The summed E-state index contributed by atoms with van der Waals surface area (Å²) in [5.41, 5.74) is 1.09. The van der Waals surface area contributed by atoms with Gasteiger partial charge in [-0.1, -0.05) is 71.6 Å². The molecule has 0 aliphatic rings. The number of hydrogen-bond acceptors (Lipinski definition) is 11. The number of carboxylic acid groups (broad SMARTS) is 1. The lowest BCUT2D eigenvalue weighted by atomic mass is 10.00. The molecule has 0 saturated carbocycles. The fourth-order valence-corrected chi connectivity index (χ4v) is 5.44. The highest BCUT2D eigenvalue weighted by Crippen LogP contribution is 2.36. The first-order valence-corrected chi connectivity index (χ1v) is 17.9. The van der Waals surface area contributed by atoms with Crippen molar-refractivity contribution in [2.24, 2.45) is 5.92 Å². The molecule has 0 radical (unpaired) electrons. The second kappa shape index (κ2) is 20.5. The summed E-state index contributed by atoms with van der Waals surface area (Å²) < 4.78 is 21.4. The second-order valence-corrected chi connectivity index (χ2v) is 12.7. The van der Waals surface area contributed by atoms with Gasteiger partial charge in [0.15, 0.2) is 30.7 Å². The summed E-state index contributed by atoms with van der Waals surface area (Å²) in [5.74, 6) is 0.202. The van der Waals surface area contributed by atoms with Gasteiger partial charge in [-0.05, 0) is 60.9 Å². The number of aromatic hydroxyl groups is 2. The van der Waals surface area contributed by atoms with Crippen molar-refractivity contribution in [1.82, 2.24) is 15.0 Å². The Hall–Kier alpha value is -5.39. The largest absolute Gasteiger partial charge is 0.507 e. The fraction of sp³-hybridized carbons (Fsp3) is 0.425. The van der Waals surface area contributed by atoms with E-state index in [2.05, 4.69) is 28.8 Å². The molecule has 1 heterocycles. The van der Waals surface area contributed by atoms with Gasteiger partial charge in [0.2, 0.25) is 0 Å². The summed E-state index contributed by atoms with van der Waals surface area (Å²) in [6.07, 6.45) is 11.9. The first-order chi connectivity index (χ1) is 25.2. The summed E-state index contributed by atoms with van der Waals surface area (Å²) in [7, 11) is 1.56. The number of benzene rings is 3. The van der Waals surface area contributed by atoms with Crippen LogP contribution in [0.4, 0.5) is 0 Å². The number of aliphatic carboxylic acids is 1. The van der Waals surface area contributed by atoms with Crippen molar-refractivity contribution in [1.29, 1.82) is 0 Å². The number of nitrogens with zero attached hydrogens (tertiary/aromatic N) is 3. The fourth-order valence-electron chi connectivity index (χ4n) is 5.44. The Bertz CT molecular complexity index is 1750. The number of ether oxygens (including phenoxy) is 4. The SMILES string of the molecule is CCC(C)CCCCCCCCCCOC(=O)COc1ccc(-c2nc(-c3ccc(OC)cc3)nc(-c3ccc(OCC(=O)O)cc3O)n2)c(O)c1. The van der Waals surface area contributed by atoms with E-state index in [-0.39, 0.29) is 58.2 Å². The van der Waals surface area contributed by atoms with E-state index < -0.39 is 18.5 Å². The number of aromatic nitrogens is 3. The molecule has 3 aromatic carbocycles. The second-order valence-electron chi connectivity index (χ2n) is 12.7. The minimum atomic E-state index is -1.16. The molecule has 0 amide bonds. The zero-order valence-corrected chi connectivity index (χ0v) is 30.2. The van der Waals surface area contributed by atoms with Gasteiger partial charge in [-0.25, -0.2) is 24.5 Å². The van der Waals surface area contributed by atoms with Crippen molar-refractivity contribution in [2.75, 3.05) is 26.9 Å². The minimum absolute atomic E-state index is 0.0908. The number of carbonyl (C=O) groups excluding carboxylic acids is 1. The van der Waals surface area contributed by atoms with E-state index in [4.69, 9.17) is 24.1 Å². The molecule has 4 aromatic rings. The molecule has 278 valence electrons. The highest BCUT2D eigenvalue weighted by Gasteiger charge is 2.18.